The first-order valence-electron chi connectivity index (χ1n) is 6.36. The molecule has 0 aliphatic rings. The van der Waals surface area contributed by atoms with Crippen LogP contribution in [0.1, 0.15) is 23.0 Å². The van der Waals surface area contributed by atoms with E-state index >= 15 is 0 Å². The zero-order valence-electron chi connectivity index (χ0n) is 11.8. The number of carbonyl (C=O) groups excluding carboxylic acids is 1. The second-order valence-corrected chi connectivity index (χ2v) is 4.24. The number of esters is 1. The predicted octanol–water partition coefficient (Wildman–Crippen LogP) is 4.01. The van der Waals surface area contributed by atoms with E-state index in [2.05, 4.69) is 19.9 Å². The Hall–Kier alpha value is -3.00. The second kappa shape index (κ2) is 6.41. The summed E-state index contributed by atoms with van der Waals surface area (Å²) in [7, 11) is 0. The van der Waals surface area contributed by atoms with Crippen molar-refractivity contribution in [3.05, 3.63) is 52.2 Å². The number of ether oxygens (including phenoxy) is 1. The number of benzene rings is 1. The van der Waals surface area contributed by atoms with Gasteiger partial charge in [-0.3, -0.25) is 0 Å². The Morgan fingerprint density at radius 3 is 2.57 bits per heavy atom. The number of alkyl halides is 3. The highest BCUT2D eigenvalue weighted by Gasteiger charge is 2.41. The summed E-state index contributed by atoms with van der Waals surface area (Å²) < 4.78 is 45.1. The third-order valence-corrected chi connectivity index (χ3v) is 2.79. The van der Waals surface area contributed by atoms with E-state index in [-0.39, 0.29) is 18.0 Å². The monoisotopic (exact) mass is 325 g/mol. The number of hydrogen-bond donors (Lipinski definition) is 0. The number of nitrogens with zero attached hydrogens (tertiary/aromatic N) is 5. The molecule has 0 aliphatic carbocycles. The quantitative estimate of drug-likeness (QED) is 0.368. The van der Waals surface area contributed by atoms with Crippen LogP contribution in [0.15, 0.2) is 35.6 Å². The summed E-state index contributed by atoms with van der Waals surface area (Å²) in [4.78, 5) is 14.2. The Balaban J connectivity index is 2.54. The van der Waals surface area contributed by atoms with Crippen molar-refractivity contribution < 1.29 is 22.7 Å². The molecule has 0 saturated heterocycles. The normalized spacial score (nSPS) is 11.0. The van der Waals surface area contributed by atoms with Gasteiger partial charge in [0.15, 0.2) is 5.69 Å². The van der Waals surface area contributed by atoms with Crippen molar-refractivity contribution in [1.82, 2.24) is 9.78 Å². The van der Waals surface area contributed by atoms with Gasteiger partial charge in [0.2, 0.25) is 0 Å². The number of hydrogen-bond acceptors (Lipinski definition) is 4. The molecule has 1 aromatic heterocycles. The summed E-state index contributed by atoms with van der Waals surface area (Å²) in [6.45, 7) is 1.44. The van der Waals surface area contributed by atoms with Crippen molar-refractivity contribution >= 4 is 11.7 Å². The van der Waals surface area contributed by atoms with Crippen LogP contribution in [0, 0.1) is 0 Å². The Morgan fingerprint density at radius 1 is 1.39 bits per heavy atom. The molecule has 120 valence electrons. The minimum absolute atomic E-state index is 0.0534. The first-order chi connectivity index (χ1) is 10.9. The maximum Gasteiger partial charge on any atom is 0.434 e. The highest BCUT2D eigenvalue weighted by molar-refractivity contribution is 5.90. The standard InChI is InChI=1S/C13H10F3N5O2/c1-2-23-12(22)10-7-18-21(11(10)13(14,15)16)9-5-3-8(4-6-9)19-20-17/h3-7H,2H2,1H3. The van der Waals surface area contributed by atoms with Crippen molar-refractivity contribution in [2.45, 2.75) is 13.1 Å². The topological polar surface area (TPSA) is 92.9 Å². The van der Waals surface area contributed by atoms with E-state index < -0.39 is 23.4 Å². The lowest BCUT2D eigenvalue weighted by molar-refractivity contribution is -0.143. The smallest absolute Gasteiger partial charge is 0.434 e. The lowest BCUT2D eigenvalue weighted by atomic mass is 10.2. The van der Waals surface area contributed by atoms with Gasteiger partial charge in [-0.2, -0.15) is 18.3 Å². The number of azide groups is 1. The molecule has 0 bridgehead atoms. The fraction of sp³-hybridized carbons (Fsp3) is 0.231. The van der Waals surface area contributed by atoms with Crippen molar-refractivity contribution in [2.24, 2.45) is 5.11 Å². The minimum atomic E-state index is -4.80. The van der Waals surface area contributed by atoms with E-state index in [9.17, 15) is 18.0 Å². The number of halogens is 3. The summed E-state index contributed by atoms with van der Waals surface area (Å²) in [6, 6.07) is 5.25. The van der Waals surface area contributed by atoms with Gasteiger partial charge in [0.25, 0.3) is 0 Å². The molecule has 23 heavy (non-hydrogen) atoms. The van der Waals surface area contributed by atoms with Gasteiger partial charge >= 0.3 is 12.1 Å². The zero-order valence-corrected chi connectivity index (χ0v) is 11.8. The Labute approximate surface area is 127 Å². The van der Waals surface area contributed by atoms with Gasteiger partial charge < -0.3 is 4.74 Å². The summed E-state index contributed by atoms with van der Waals surface area (Å²) >= 11 is 0. The molecular weight excluding hydrogens is 315 g/mol. The van der Waals surface area contributed by atoms with Crippen LogP contribution in [0.25, 0.3) is 16.1 Å². The molecule has 10 heteroatoms. The molecule has 0 unspecified atom stereocenters. The summed E-state index contributed by atoms with van der Waals surface area (Å²) in [6.07, 6.45) is -4.00. The number of carbonyl (C=O) groups is 1. The number of aromatic nitrogens is 2. The largest absolute Gasteiger partial charge is 0.462 e. The van der Waals surface area contributed by atoms with E-state index in [1.54, 1.807) is 0 Å². The average Bonchev–Trinajstić information content (AvgIpc) is 2.94. The van der Waals surface area contributed by atoms with Crippen LogP contribution >= 0.6 is 0 Å². The molecule has 0 radical (unpaired) electrons. The fourth-order valence-corrected chi connectivity index (χ4v) is 1.89. The maximum atomic E-state index is 13.3. The summed E-state index contributed by atoms with van der Waals surface area (Å²) in [5, 5.41) is 6.95. The lowest BCUT2D eigenvalue weighted by Gasteiger charge is -2.12. The molecule has 0 spiro atoms. The van der Waals surface area contributed by atoms with E-state index in [1.807, 2.05) is 0 Å². The SMILES string of the molecule is CCOC(=O)c1cnn(-c2ccc(N=[N+]=[N-])cc2)c1C(F)(F)F. The van der Waals surface area contributed by atoms with Crippen LogP contribution in [0.4, 0.5) is 18.9 Å². The molecule has 7 nitrogen and oxygen atoms in total. The van der Waals surface area contributed by atoms with Gasteiger partial charge in [-0.15, -0.1) is 0 Å². The number of rotatable bonds is 4. The van der Waals surface area contributed by atoms with Crippen molar-refractivity contribution in [1.29, 1.82) is 0 Å². The van der Waals surface area contributed by atoms with Crippen LogP contribution in [0.2, 0.25) is 0 Å². The lowest BCUT2D eigenvalue weighted by Crippen LogP contribution is -2.18. The van der Waals surface area contributed by atoms with Crippen molar-refractivity contribution in [2.75, 3.05) is 6.61 Å². The van der Waals surface area contributed by atoms with Crippen molar-refractivity contribution in [3.63, 3.8) is 0 Å². The van der Waals surface area contributed by atoms with Gasteiger partial charge in [0, 0.05) is 10.6 Å². The highest BCUT2D eigenvalue weighted by Crippen LogP contribution is 2.34. The third-order valence-electron chi connectivity index (χ3n) is 2.79. The van der Waals surface area contributed by atoms with E-state index in [0.717, 1.165) is 6.20 Å². The molecule has 2 aromatic rings. The molecule has 0 fully saturated rings. The molecule has 0 N–H and O–H groups in total. The summed E-state index contributed by atoms with van der Waals surface area (Å²) in [5.74, 6) is -1.10. The van der Waals surface area contributed by atoms with Crippen molar-refractivity contribution in [3.8, 4) is 5.69 Å². The van der Waals surface area contributed by atoms with Gasteiger partial charge in [-0.05, 0) is 24.6 Å². The molecule has 1 heterocycles. The zero-order chi connectivity index (χ0) is 17.0. The maximum absolute atomic E-state index is 13.3. The molecule has 0 saturated carbocycles. The predicted molar refractivity (Wildman–Crippen MR) is 73.3 cm³/mol. The highest BCUT2D eigenvalue weighted by atomic mass is 19.4. The third kappa shape index (κ3) is 3.43. The molecule has 0 atom stereocenters. The fourth-order valence-electron chi connectivity index (χ4n) is 1.89. The molecular formula is C13H10F3N5O2. The van der Waals surface area contributed by atoms with Gasteiger partial charge in [-0.1, -0.05) is 17.2 Å². The molecule has 2 rings (SSSR count). The Bertz CT molecular complexity index is 761. The van der Waals surface area contributed by atoms with Gasteiger partial charge in [0.05, 0.1) is 18.5 Å². The van der Waals surface area contributed by atoms with Crippen LogP contribution in [-0.4, -0.2) is 22.4 Å². The van der Waals surface area contributed by atoms with Crippen LogP contribution < -0.4 is 0 Å². The Kier molecular flexibility index (Phi) is 4.56. The van der Waals surface area contributed by atoms with E-state index in [0.29, 0.717) is 4.68 Å². The molecule has 0 amide bonds. The molecule has 1 aromatic carbocycles. The molecule has 0 aliphatic heterocycles. The van der Waals surface area contributed by atoms with Crippen LogP contribution in [-0.2, 0) is 10.9 Å². The van der Waals surface area contributed by atoms with Gasteiger partial charge in [-0.25, -0.2) is 9.48 Å². The van der Waals surface area contributed by atoms with Gasteiger partial charge in [0.1, 0.15) is 5.56 Å². The minimum Gasteiger partial charge on any atom is -0.462 e. The average molecular weight is 325 g/mol. The first kappa shape index (κ1) is 16.4. The van der Waals surface area contributed by atoms with E-state index in [4.69, 9.17) is 5.53 Å². The Morgan fingerprint density at radius 2 is 2.04 bits per heavy atom. The summed E-state index contributed by atoms with van der Waals surface area (Å²) in [5.41, 5.74) is 6.71. The first-order valence-corrected chi connectivity index (χ1v) is 6.36. The van der Waals surface area contributed by atoms with Crippen LogP contribution in [0.5, 0.6) is 0 Å². The second-order valence-electron chi connectivity index (χ2n) is 4.24. The van der Waals surface area contributed by atoms with E-state index in [1.165, 1.54) is 31.2 Å². The van der Waals surface area contributed by atoms with Crippen LogP contribution in [0.3, 0.4) is 0 Å².